The molecule has 4 heteroatoms. The number of hydrogen-bond donors (Lipinski definition) is 1. The van der Waals surface area contributed by atoms with Crippen LogP contribution in [-0.2, 0) is 11.4 Å². The summed E-state index contributed by atoms with van der Waals surface area (Å²) in [6.45, 7) is 0.955. The van der Waals surface area contributed by atoms with Gasteiger partial charge in [-0.2, -0.15) is 0 Å². The Bertz CT molecular complexity index is 323. The van der Waals surface area contributed by atoms with Crippen molar-refractivity contribution in [1.29, 1.82) is 0 Å². The fourth-order valence-corrected chi connectivity index (χ4v) is 0.880. The second-order valence-corrected chi connectivity index (χ2v) is 2.52. The van der Waals surface area contributed by atoms with Crippen LogP contribution in [0.2, 0.25) is 0 Å². The third-order valence-corrected chi connectivity index (χ3v) is 1.43. The Kier molecular flexibility index (Phi) is 2.97. The maximum absolute atomic E-state index is 13.0. The number of carbonyl (C=O) groups excluding carboxylic acids is 1. The van der Waals surface area contributed by atoms with E-state index in [0.29, 0.717) is 5.56 Å². The third-order valence-electron chi connectivity index (χ3n) is 1.43. The van der Waals surface area contributed by atoms with Gasteiger partial charge in [0.2, 0.25) is 0 Å². The van der Waals surface area contributed by atoms with Crippen molar-refractivity contribution in [3.63, 3.8) is 0 Å². The van der Waals surface area contributed by atoms with Gasteiger partial charge in [0.15, 0.2) is 11.6 Å². The van der Waals surface area contributed by atoms with Crippen LogP contribution in [0.25, 0.3) is 0 Å². The van der Waals surface area contributed by atoms with Crippen LogP contribution in [0, 0.1) is 5.82 Å². The van der Waals surface area contributed by atoms with Gasteiger partial charge in [0.25, 0.3) is 0 Å². The van der Waals surface area contributed by atoms with Gasteiger partial charge in [-0.15, -0.1) is 0 Å². The Hall–Kier alpha value is -1.42. The summed E-state index contributed by atoms with van der Waals surface area (Å²) in [5.74, 6) is -1.35. The first-order valence-electron chi connectivity index (χ1n) is 3.71. The second kappa shape index (κ2) is 4.00. The molecule has 0 spiro atoms. The van der Waals surface area contributed by atoms with E-state index >= 15 is 0 Å². The van der Waals surface area contributed by atoms with E-state index in [-0.39, 0.29) is 12.4 Å². The Labute approximate surface area is 74.8 Å². The summed E-state index contributed by atoms with van der Waals surface area (Å²) in [6, 6.07) is 3.92. The smallest absolute Gasteiger partial charge is 0.308 e. The van der Waals surface area contributed by atoms with Crippen LogP contribution >= 0.6 is 0 Å². The molecule has 13 heavy (non-hydrogen) atoms. The second-order valence-electron chi connectivity index (χ2n) is 2.52. The van der Waals surface area contributed by atoms with Gasteiger partial charge in [-0.25, -0.2) is 4.39 Å². The van der Waals surface area contributed by atoms with E-state index in [1.54, 1.807) is 0 Å². The van der Waals surface area contributed by atoms with E-state index < -0.39 is 11.8 Å². The van der Waals surface area contributed by atoms with E-state index in [1.165, 1.54) is 19.1 Å². The van der Waals surface area contributed by atoms with E-state index in [9.17, 15) is 9.18 Å². The number of aliphatic hydroxyl groups excluding tert-OH is 1. The summed E-state index contributed by atoms with van der Waals surface area (Å²) in [5.41, 5.74) is 0.438. The minimum Gasteiger partial charge on any atom is -0.424 e. The fraction of sp³-hybridized carbons (Fsp3) is 0.222. The van der Waals surface area contributed by atoms with Crippen LogP contribution in [-0.4, -0.2) is 11.1 Å². The molecule has 0 radical (unpaired) electrons. The molecule has 0 heterocycles. The highest BCUT2D eigenvalue weighted by Crippen LogP contribution is 2.18. The molecule has 0 saturated carbocycles. The van der Waals surface area contributed by atoms with E-state index in [4.69, 9.17) is 5.11 Å². The lowest BCUT2D eigenvalue weighted by atomic mass is 10.2. The van der Waals surface area contributed by atoms with Crippen molar-refractivity contribution in [2.24, 2.45) is 0 Å². The largest absolute Gasteiger partial charge is 0.424 e. The molecule has 0 aliphatic carbocycles. The Morgan fingerprint density at radius 2 is 2.31 bits per heavy atom. The van der Waals surface area contributed by atoms with Crippen molar-refractivity contribution in [2.45, 2.75) is 13.5 Å². The lowest BCUT2D eigenvalue weighted by molar-refractivity contribution is -0.132. The highest BCUT2D eigenvalue weighted by molar-refractivity contribution is 5.69. The van der Waals surface area contributed by atoms with Gasteiger partial charge in [-0.1, -0.05) is 6.07 Å². The molecular weight excluding hydrogens is 175 g/mol. The zero-order valence-corrected chi connectivity index (χ0v) is 7.08. The maximum Gasteiger partial charge on any atom is 0.308 e. The van der Waals surface area contributed by atoms with Gasteiger partial charge in [-0.3, -0.25) is 4.79 Å². The molecule has 0 bridgehead atoms. The van der Waals surface area contributed by atoms with Crippen LogP contribution in [0.15, 0.2) is 18.2 Å². The first-order chi connectivity index (χ1) is 6.13. The molecule has 70 valence electrons. The van der Waals surface area contributed by atoms with Gasteiger partial charge in [0.05, 0.1) is 6.61 Å². The Balaban J connectivity index is 2.91. The molecule has 0 amide bonds. The molecule has 3 nitrogen and oxygen atoms in total. The van der Waals surface area contributed by atoms with Crippen molar-refractivity contribution in [1.82, 2.24) is 0 Å². The number of aliphatic hydroxyl groups is 1. The summed E-state index contributed by atoms with van der Waals surface area (Å²) in [6.07, 6.45) is 0. The van der Waals surface area contributed by atoms with Crippen LogP contribution in [0.5, 0.6) is 5.75 Å². The number of halogens is 1. The SMILES string of the molecule is CC(=O)Oc1ccc(CO)cc1F. The normalized spacial score (nSPS) is 9.77. The van der Waals surface area contributed by atoms with Crippen LogP contribution in [0.1, 0.15) is 12.5 Å². The summed E-state index contributed by atoms with van der Waals surface area (Å²) >= 11 is 0. The molecule has 1 rings (SSSR count). The van der Waals surface area contributed by atoms with Crippen LogP contribution in [0.4, 0.5) is 4.39 Å². The molecule has 0 aliphatic heterocycles. The van der Waals surface area contributed by atoms with Crippen molar-refractivity contribution in [3.05, 3.63) is 29.6 Å². The quantitative estimate of drug-likeness (QED) is 0.555. The summed E-state index contributed by atoms with van der Waals surface area (Å²) in [7, 11) is 0. The molecule has 0 fully saturated rings. The number of rotatable bonds is 2. The predicted molar refractivity (Wildman–Crippen MR) is 43.6 cm³/mol. The molecule has 0 aromatic heterocycles. The van der Waals surface area contributed by atoms with Crippen LogP contribution in [0.3, 0.4) is 0 Å². The van der Waals surface area contributed by atoms with Gasteiger partial charge >= 0.3 is 5.97 Å². The molecule has 0 unspecified atom stereocenters. The zero-order chi connectivity index (χ0) is 9.84. The molecule has 1 aromatic carbocycles. The van der Waals surface area contributed by atoms with E-state index in [2.05, 4.69) is 4.74 Å². The van der Waals surface area contributed by atoms with Crippen molar-refractivity contribution < 1.29 is 19.0 Å². The van der Waals surface area contributed by atoms with Gasteiger partial charge in [-0.05, 0) is 17.7 Å². The number of hydrogen-bond acceptors (Lipinski definition) is 3. The lowest BCUT2D eigenvalue weighted by Gasteiger charge is -2.03. The fourth-order valence-electron chi connectivity index (χ4n) is 0.880. The number of ether oxygens (including phenoxy) is 1. The minimum atomic E-state index is -0.651. The third kappa shape index (κ3) is 2.52. The van der Waals surface area contributed by atoms with Crippen molar-refractivity contribution >= 4 is 5.97 Å². The number of carbonyl (C=O) groups is 1. The Morgan fingerprint density at radius 3 is 2.77 bits per heavy atom. The minimum absolute atomic E-state index is 0.121. The highest BCUT2D eigenvalue weighted by Gasteiger charge is 2.05. The average Bonchev–Trinajstić information content (AvgIpc) is 2.08. The zero-order valence-electron chi connectivity index (χ0n) is 7.08. The lowest BCUT2D eigenvalue weighted by Crippen LogP contribution is -2.03. The predicted octanol–water partition coefficient (Wildman–Crippen LogP) is 1.24. The van der Waals surface area contributed by atoms with Gasteiger partial charge in [0.1, 0.15) is 0 Å². The average molecular weight is 184 g/mol. The summed E-state index contributed by atoms with van der Waals surface area (Å²) < 4.78 is 17.6. The van der Waals surface area contributed by atoms with Crippen LogP contribution < -0.4 is 4.74 Å². The van der Waals surface area contributed by atoms with Gasteiger partial charge in [0, 0.05) is 6.92 Å². The standard InChI is InChI=1S/C9H9FO3/c1-6(12)13-9-3-2-7(5-11)4-8(9)10/h2-4,11H,5H2,1H3. The Morgan fingerprint density at radius 1 is 1.62 bits per heavy atom. The molecule has 1 aromatic rings. The monoisotopic (exact) mass is 184 g/mol. The molecule has 0 saturated heterocycles. The van der Waals surface area contributed by atoms with Crippen molar-refractivity contribution in [3.8, 4) is 5.75 Å². The maximum atomic E-state index is 13.0. The first kappa shape index (κ1) is 9.67. The molecule has 0 atom stereocenters. The van der Waals surface area contributed by atoms with Gasteiger partial charge < -0.3 is 9.84 Å². The highest BCUT2D eigenvalue weighted by atomic mass is 19.1. The summed E-state index contributed by atoms with van der Waals surface area (Å²) in [5, 5.41) is 8.66. The molecule has 0 aliphatic rings. The number of benzene rings is 1. The number of esters is 1. The first-order valence-corrected chi connectivity index (χ1v) is 3.71. The molecule has 1 N–H and O–H groups in total. The molecular formula is C9H9FO3. The summed E-state index contributed by atoms with van der Waals surface area (Å²) in [4.78, 5) is 10.5. The van der Waals surface area contributed by atoms with E-state index in [0.717, 1.165) is 6.07 Å². The van der Waals surface area contributed by atoms with Crippen molar-refractivity contribution in [2.75, 3.05) is 0 Å². The van der Waals surface area contributed by atoms with E-state index in [1.807, 2.05) is 0 Å². The topological polar surface area (TPSA) is 46.5 Å².